The van der Waals surface area contributed by atoms with E-state index in [1.54, 1.807) is 22.6 Å². The fraction of sp³-hybridized carbons (Fsp3) is 0.346. The molecule has 2 aliphatic rings. The molecule has 0 bridgehead atoms. The number of halogens is 6. The lowest BCUT2D eigenvalue weighted by molar-refractivity contribution is -0.267. The van der Waals surface area contributed by atoms with Crippen LogP contribution in [0.3, 0.4) is 0 Å². The summed E-state index contributed by atoms with van der Waals surface area (Å²) in [6, 6.07) is 7.36. The average Bonchev–Trinajstić information content (AvgIpc) is 3.35. The van der Waals surface area contributed by atoms with Crippen LogP contribution in [0.15, 0.2) is 48.9 Å². The van der Waals surface area contributed by atoms with Crippen molar-refractivity contribution in [3.8, 4) is 16.9 Å². The summed E-state index contributed by atoms with van der Waals surface area (Å²) in [6.45, 7) is -2.98. The van der Waals surface area contributed by atoms with E-state index >= 15 is 4.39 Å². The van der Waals surface area contributed by atoms with E-state index < -0.39 is 48.8 Å². The van der Waals surface area contributed by atoms with E-state index in [1.807, 2.05) is 0 Å². The van der Waals surface area contributed by atoms with E-state index in [-0.39, 0.29) is 40.6 Å². The molecule has 1 fully saturated rings. The largest absolute Gasteiger partial charge is 0.435 e. The number of β-amino-alcohol motifs (C(OH)–C–C–N with tert-alkyl or cyclic N) is 1. The van der Waals surface area contributed by atoms with Gasteiger partial charge < -0.3 is 24.3 Å². The number of para-hydroxylation sites is 1. The third-order valence-electron chi connectivity index (χ3n) is 7.36. The Labute approximate surface area is 222 Å². The van der Waals surface area contributed by atoms with Gasteiger partial charge in [-0.2, -0.15) is 22.0 Å². The molecular weight excluding hydrogens is 544 g/mol. The van der Waals surface area contributed by atoms with Crippen LogP contribution in [0.2, 0.25) is 0 Å². The number of aliphatic hydroxyl groups is 2. The van der Waals surface area contributed by atoms with Crippen LogP contribution in [0.4, 0.5) is 32.3 Å². The first kappa shape index (κ1) is 26.3. The predicted octanol–water partition coefficient (Wildman–Crippen LogP) is 4.39. The Balaban J connectivity index is 1.38. The highest BCUT2D eigenvalue weighted by molar-refractivity contribution is 5.66. The van der Waals surface area contributed by atoms with Gasteiger partial charge in [0.05, 0.1) is 24.5 Å². The predicted molar refractivity (Wildman–Crippen MR) is 128 cm³/mol. The quantitative estimate of drug-likeness (QED) is 0.347. The van der Waals surface area contributed by atoms with E-state index in [1.165, 1.54) is 31.6 Å². The topological polar surface area (TPSA) is 96.0 Å². The molecule has 1 saturated heterocycles. The van der Waals surface area contributed by atoms with Crippen molar-refractivity contribution in [1.82, 2.24) is 19.4 Å². The Bertz CT molecular complexity index is 1600. The number of alkyl halides is 5. The second-order valence-corrected chi connectivity index (χ2v) is 10.2. The van der Waals surface area contributed by atoms with Crippen LogP contribution in [0.5, 0.6) is 5.75 Å². The van der Waals surface area contributed by atoms with Gasteiger partial charge in [0.1, 0.15) is 22.8 Å². The minimum atomic E-state index is -4.79. The van der Waals surface area contributed by atoms with Crippen molar-refractivity contribution in [1.29, 1.82) is 0 Å². The Morgan fingerprint density at radius 1 is 1.10 bits per heavy atom. The number of ether oxygens (including phenoxy) is 1. The van der Waals surface area contributed by atoms with Crippen molar-refractivity contribution >= 4 is 11.6 Å². The minimum absolute atomic E-state index is 0.0389. The summed E-state index contributed by atoms with van der Waals surface area (Å²) in [5, 5.41) is 20.8. The molecule has 1 aliphatic heterocycles. The molecule has 6 rings (SSSR count). The molecule has 0 unspecified atom stereocenters. The number of hydrogen-bond donors (Lipinski definition) is 2. The van der Waals surface area contributed by atoms with E-state index in [9.17, 15) is 32.2 Å². The molecule has 2 atom stereocenters. The monoisotopic (exact) mass is 565 g/mol. The van der Waals surface area contributed by atoms with Crippen LogP contribution in [-0.2, 0) is 5.60 Å². The van der Waals surface area contributed by atoms with Gasteiger partial charge in [-0.05, 0) is 19.4 Å². The van der Waals surface area contributed by atoms with Crippen molar-refractivity contribution in [2.75, 3.05) is 18.0 Å². The Hall–Kier alpha value is -3.91. The molecule has 1 aliphatic carbocycles. The van der Waals surface area contributed by atoms with Crippen molar-refractivity contribution in [2.45, 2.75) is 43.3 Å². The highest BCUT2D eigenvalue weighted by atomic mass is 19.4. The molecule has 40 heavy (non-hydrogen) atoms. The van der Waals surface area contributed by atoms with Gasteiger partial charge in [0.15, 0.2) is 5.60 Å². The first-order valence-corrected chi connectivity index (χ1v) is 12.1. The smallest absolute Gasteiger partial charge is 0.420 e. The summed E-state index contributed by atoms with van der Waals surface area (Å²) in [4.78, 5) is 13.7. The highest BCUT2D eigenvalue weighted by Gasteiger charge is 2.61. The molecular formula is C26H21F6N5O3. The summed E-state index contributed by atoms with van der Waals surface area (Å²) in [5.74, 6) is -1.43. The number of fused-ring (bicyclic) bond motifs is 3. The molecule has 0 amide bonds. The van der Waals surface area contributed by atoms with Crippen molar-refractivity contribution < 1.29 is 41.3 Å². The Morgan fingerprint density at radius 2 is 1.77 bits per heavy atom. The van der Waals surface area contributed by atoms with Crippen molar-refractivity contribution in [3.05, 3.63) is 71.7 Å². The minimum Gasteiger partial charge on any atom is -0.435 e. The van der Waals surface area contributed by atoms with Gasteiger partial charge in [0, 0.05) is 47.3 Å². The molecule has 210 valence electrons. The van der Waals surface area contributed by atoms with Crippen LogP contribution < -0.4 is 9.64 Å². The van der Waals surface area contributed by atoms with E-state index in [4.69, 9.17) is 4.74 Å². The molecule has 0 spiro atoms. The van der Waals surface area contributed by atoms with Crippen molar-refractivity contribution in [3.63, 3.8) is 0 Å². The summed E-state index contributed by atoms with van der Waals surface area (Å²) in [5.41, 5.74) is -2.73. The fourth-order valence-electron chi connectivity index (χ4n) is 5.37. The molecule has 4 heterocycles. The summed E-state index contributed by atoms with van der Waals surface area (Å²) >= 11 is 0. The fourth-order valence-corrected chi connectivity index (χ4v) is 5.37. The Kier molecular flexibility index (Phi) is 5.79. The van der Waals surface area contributed by atoms with Gasteiger partial charge in [-0.1, -0.05) is 18.2 Å². The third kappa shape index (κ3) is 4.13. The summed E-state index contributed by atoms with van der Waals surface area (Å²) in [7, 11) is 0. The van der Waals surface area contributed by atoms with E-state index in [0.29, 0.717) is 11.3 Å². The molecule has 0 radical (unpaired) electrons. The first-order valence-electron chi connectivity index (χ1n) is 12.1. The van der Waals surface area contributed by atoms with Gasteiger partial charge in [-0.3, -0.25) is 0 Å². The molecule has 8 nitrogen and oxygen atoms in total. The van der Waals surface area contributed by atoms with Crippen LogP contribution in [-0.4, -0.2) is 61.0 Å². The molecule has 2 N–H and O–H groups in total. The molecule has 4 aromatic rings. The third-order valence-corrected chi connectivity index (χ3v) is 7.36. The molecule has 3 aromatic heterocycles. The molecule has 14 heteroatoms. The summed E-state index contributed by atoms with van der Waals surface area (Å²) in [6.07, 6.45) is -0.766. The van der Waals surface area contributed by atoms with Gasteiger partial charge in [-0.25, -0.2) is 19.3 Å². The van der Waals surface area contributed by atoms with E-state index in [0.717, 1.165) is 11.0 Å². The standard InChI is InChI=1S/C26H21F6N5O3/c1-24(38)7-15(14-4-2-3-5-18(14)40-22(28)29)20-21(24)35-19-6-17(27)16(10-37(19)20)13-8-33-23(34-9-13)36-11-25(39,12-36)26(30,31)32/h2-6,8-10,15,22,38-39H,7,11-12H2,1H3/t15-,24-/m1/s1. The zero-order chi connectivity index (χ0) is 28.6. The van der Waals surface area contributed by atoms with Crippen LogP contribution >= 0.6 is 0 Å². The SMILES string of the molecule is C[C@@]1(O)C[C@H](c2ccccc2OC(F)F)c2c1nc1cc(F)c(-c3cnc(N4CC(O)(C(F)(F)F)C4)nc3)cn21. The van der Waals surface area contributed by atoms with Crippen molar-refractivity contribution in [2.24, 2.45) is 0 Å². The van der Waals surface area contributed by atoms with Crippen LogP contribution in [0.1, 0.15) is 36.2 Å². The maximum atomic E-state index is 15.2. The lowest BCUT2D eigenvalue weighted by Crippen LogP contribution is -2.69. The first-order chi connectivity index (χ1) is 18.8. The van der Waals surface area contributed by atoms with Gasteiger partial charge in [0.25, 0.3) is 0 Å². The van der Waals surface area contributed by atoms with Gasteiger partial charge in [0.2, 0.25) is 5.95 Å². The number of benzene rings is 1. The highest BCUT2D eigenvalue weighted by Crippen LogP contribution is 2.50. The average molecular weight is 565 g/mol. The number of pyridine rings is 1. The van der Waals surface area contributed by atoms with Gasteiger partial charge >= 0.3 is 12.8 Å². The lowest BCUT2D eigenvalue weighted by atomic mass is 9.93. The number of aromatic nitrogens is 4. The van der Waals surface area contributed by atoms with E-state index in [2.05, 4.69) is 15.0 Å². The maximum absolute atomic E-state index is 15.2. The lowest BCUT2D eigenvalue weighted by Gasteiger charge is -2.46. The zero-order valence-electron chi connectivity index (χ0n) is 20.7. The molecule has 1 aromatic carbocycles. The normalized spacial score (nSPS) is 22.1. The number of imidazole rings is 1. The van der Waals surface area contributed by atoms with Crippen LogP contribution in [0, 0.1) is 5.82 Å². The second-order valence-electron chi connectivity index (χ2n) is 10.2. The number of rotatable bonds is 5. The van der Waals surface area contributed by atoms with Gasteiger partial charge in [-0.15, -0.1) is 0 Å². The number of hydrogen-bond acceptors (Lipinski definition) is 7. The van der Waals surface area contributed by atoms with Crippen LogP contribution in [0.25, 0.3) is 16.8 Å². The Morgan fingerprint density at radius 3 is 2.42 bits per heavy atom. The number of anilines is 1. The summed E-state index contributed by atoms with van der Waals surface area (Å²) < 4.78 is 86.5. The maximum Gasteiger partial charge on any atom is 0.420 e. The molecule has 0 saturated carbocycles. The zero-order valence-corrected chi connectivity index (χ0v) is 20.7. The second kappa shape index (κ2) is 8.80. The number of nitrogens with zero attached hydrogens (tertiary/aromatic N) is 5.